The quantitative estimate of drug-likeness (QED) is 0.745. The summed E-state index contributed by atoms with van der Waals surface area (Å²) in [4.78, 5) is 17.4. The van der Waals surface area contributed by atoms with Gasteiger partial charge in [-0.05, 0) is 35.8 Å². The maximum atomic E-state index is 12.9. The summed E-state index contributed by atoms with van der Waals surface area (Å²) in [6.07, 6.45) is 1.05. The first-order valence-electron chi connectivity index (χ1n) is 10.0. The molecule has 1 aromatic carbocycles. The summed E-state index contributed by atoms with van der Waals surface area (Å²) >= 11 is 1.96. The van der Waals surface area contributed by atoms with Gasteiger partial charge in [-0.1, -0.05) is 26.0 Å². The number of rotatable bonds is 6. The lowest BCUT2D eigenvalue weighted by molar-refractivity contribution is -0.135. The van der Waals surface area contributed by atoms with Gasteiger partial charge >= 0.3 is 0 Å². The van der Waals surface area contributed by atoms with E-state index < -0.39 is 0 Å². The van der Waals surface area contributed by atoms with Crippen molar-refractivity contribution in [3.05, 3.63) is 29.8 Å². The second-order valence-electron chi connectivity index (χ2n) is 7.59. The fourth-order valence-corrected chi connectivity index (χ4v) is 4.62. The zero-order chi connectivity index (χ0) is 19.1. The third-order valence-corrected chi connectivity index (χ3v) is 6.44. The molecule has 1 amide bonds. The largest absolute Gasteiger partial charge is 0.484 e. The molecule has 0 spiro atoms. The van der Waals surface area contributed by atoms with E-state index in [-0.39, 0.29) is 18.6 Å². The van der Waals surface area contributed by atoms with Crippen molar-refractivity contribution in [2.45, 2.75) is 32.2 Å². The normalized spacial score (nSPS) is 21.9. The highest BCUT2D eigenvalue weighted by molar-refractivity contribution is 7.99. The van der Waals surface area contributed by atoms with E-state index in [4.69, 9.17) is 9.47 Å². The Labute approximate surface area is 167 Å². The average Bonchev–Trinajstić information content (AvgIpc) is 2.93. The van der Waals surface area contributed by atoms with Crippen molar-refractivity contribution >= 4 is 17.7 Å². The number of amides is 1. The number of hydrogen-bond acceptors (Lipinski definition) is 5. The molecular weight excluding hydrogens is 360 g/mol. The molecule has 0 radical (unpaired) electrons. The molecule has 1 aromatic rings. The summed E-state index contributed by atoms with van der Waals surface area (Å²) in [6, 6.07) is 8.34. The van der Waals surface area contributed by atoms with Crippen LogP contribution in [0.5, 0.6) is 5.75 Å². The zero-order valence-electron chi connectivity index (χ0n) is 16.6. The first-order valence-corrected chi connectivity index (χ1v) is 11.2. The summed E-state index contributed by atoms with van der Waals surface area (Å²) in [5, 5.41) is 0. The summed E-state index contributed by atoms with van der Waals surface area (Å²) in [5.74, 6) is 3.49. The lowest BCUT2D eigenvalue weighted by atomic mass is 10.0. The van der Waals surface area contributed by atoms with Gasteiger partial charge in [-0.2, -0.15) is 11.8 Å². The van der Waals surface area contributed by atoms with Crippen molar-refractivity contribution < 1.29 is 14.3 Å². The number of benzene rings is 1. The predicted molar refractivity (Wildman–Crippen MR) is 111 cm³/mol. The lowest BCUT2D eigenvalue weighted by Gasteiger charge is -2.35. The summed E-state index contributed by atoms with van der Waals surface area (Å²) in [7, 11) is 0. The Kier molecular flexibility index (Phi) is 7.85. The summed E-state index contributed by atoms with van der Waals surface area (Å²) < 4.78 is 11.3. The van der Waals surface area contributed by atoms with Crippen LogP contribution in [0.25, 0.3) is 0 Å². The molecule has 0 bridgehead atoms. The van der Waals surface area contributed by atoms with Gasteiger partial charge in [-0.3, -0.25) is 9.69 Å². The van der Waals surface area contributed by atoms with E-state index in [1.807, 2.05) is 23.9 Å². The highest BCUT2D eigenvalue weighted by Crippen LogP contribution is 2.20. The van der Waals surface area contributed by atoms with Crippen molar-refractivity contribution in [3.63, 3.8) is 0 Å². The van der Waals surface area contributed by atoms with E-state index in [2.05, 4.69) is 35.8 Å². The minimum Gasteiger partial charge on any atom is -0.484 e. The van der Waals surface area contributed by atoms with Crippen LogP contribution >= 0.6 is 11.8 Å². The smallest absolute Gasteiger partial charge is 0.260 e. The lowest BCUT2D eigenvalue weighted by Crippen LogP contribution is -2.51. The van der Waals surface area contributed by atoms with Gasteiger partial charge in [0, 0.05) is 31.9 Å². The number of carbonyl (C=O) groups is 1. The second kappa shape index (κ2) is 10.3. The maximum Gasteiger partial charge on any atom is 0.260 e. The zero-order valence-corrected chi connectivity index (χ0v) is 17.4. The molecule has 27 heavy (non-hydrogen) atoms. The fraction of sp³-hybridized carbons (Fsp3) is 0.667. The number of morpholine rings is 1. The van der Waals surface area contributed by atoms with Crippen LogP contribution in [0.4, 0.5) is 0 Å². The topological polar surface area (TPSA) is 42.0 Å². The van der Waals surface area contributed by atoms with Gasteiger partial charge in [0.1, 0.15) is 5.75 Å². The molecule has 150 valence electrons. The molecular formula is C21H32N2O3S. The molecule has 2 heterocycles. The highest BCUT2D eigenvalue weighted by atomic mass is 32.2. The molecule has 2 aliphatic heterocycles. The van der Waals surface area contributed by atoms with Crippen LogP contribution < -0.4 is 4.74 Å². The van der Waals surface area contributed by atoms with Gasteiger partial charge in [0.25, 0.3) is 5.91 Å². The molecule has 0 saturated carbocycles. The Balaban J connectivity index is 1.56. The molecule has 2 fully saturated rings. The predicted octanol–water partition coefficient (Wildman–Crippen LogP) is 2.86. The molecule has 3 rings (SSSR count). The first kappa shape index (κ1) is 20.5. The van der Waals surface area contributed by atoms with E-state index >= 15 is 0 Å². The van der Waals surface area contributed by atoms with Crippen molar-refractivity contribution in [2.75, 3.05) is 57.5 Å². The SMILES string of the molecule is CC(C)c1ccc(OCC(=O)N2CCCSCC2CN2CCOCC2)cc1. The number of ether oxygens (including phenoxy) is 2. The van der Waals surface area contributed by atoms with Crippen molar-refractivity contribution in [1.82, 2.24) is 9.80 Å². The van der Waals surface area contributed by atoms with Gasteiger partial charge in [-0.25, -0.2) is 0 Å². The molecule has 6 heteroatoms. The van der Waals surface area contributed by atoms with E-state index in [0.29, 0.717) is 5.92 Å². The van der Waals surface area contributed by atoms with E-state index in [0.717, 1.165) is 63.1 Å². The van der Waals surface area contributed by atoms with Crippen LogP contribution in [0.3, 0.4) is 0 Å². The Bertz CT molecular complexity index is 588. The number of hydrogen-bond donors (Lipinski definition) is 0. The van der Waals surface area contributed by atoms with Gasteiger partial charge in [0.05, 0.1) is 19.3 Å². The van der Waals surface area contributed by atoms with Crippen LogP contribution in [0.15, 0.2) is 24.3 Å². The van der Waals surface area contributed by atoms with Crippen LogP contribution in [-0.4, -0.2) is 79.3 Å². The molecule has 1 atom stereocenters. The van der Waals surface area contributed by atoms with Crippen LogP contribution in [0.1, 0.15) is 31.7 Å². The molecule has 0 aromatic heterocycles. The standard InChI is InChI=1S/C21H32N2O3S/c1-17(2)18-4-6-20(7-5-18)26-15-21(24)23-8-3-13-27-16-19(23)14-22-9-11-25-12-10-22/h4-7,17,19H,3,8-16H2,1-2H3. The minimum atomic E-state index is 0.101. The molecule has 0 aliphatic carbocycles. The molecule has 5 nitrogen and oxygen atoms in total. The van der Waals surface area contributed by atoms with Crippen molar-refractivity contribution in [3.8, 4) is 5.75 Å². The first-order chi connectivity index (χ1) is 13.1. The maximum absolute atomic E-state index is 12.9. The molecule has 1 unspecified atom stereocenters. The van der Waals surface area contributed by atoms with Gasteiger partial charge in [0.2, 0.25) is 0 Å². The molecule has 0 N–H and O–H groups in total. The van der Waals surface area contributed by atoms with Crippen molar-refractivity contribution in [2.24, 2.45) is 0 Å². The summed E-state index contributed by atoms with van der Waals surface area (Å²) in [5.41, 5.74) is 1.28. The van der Waals surface area contributed by atoms with Gasteiger partial charge in [0.15, 0.2) is 6.61 Å². The minimum absolute atomic E-state index is 0.101. The fourth-order valence-electron chi connectivity index (χ4n) is 3.57. The summed E-state index contributed by atoms with van der Waals surface area (Å²) in [6.45, 7) is 9.74. The van der Waals surface area contributed by atoms with Gasteiger partial charge < -0.3 is 14.4 Å². The Morgan fingerprint density at radius 1 is 1.22 bits per heavy atom. The highest BCUT2D eigenvalue weighted by Gasteiger charge is 2.28. The average molecular weight is 393 g/mol. The van der Waals surface area contributed by atoms with E-state index in [9.17, 15) is 4.79 Å². The monoisotopic (exact) mass is 392 g/mol. The number of nitrogens with zero attached hydrogens (tertiary/aromatic N) is 2. The third-order valence-electron chi connectivity index (χ3n) is 5.24. The van der Waals surface area contributed by atoms with Gasteiger partial charge in [-0.15, -0.1) is 0 Å². The van der Waals surface area contributed by atoms with Crippen LogP contribution in [0, 0.1) is 0 Å². The van der Waals surface area contributed by atoms with Crippen LogP contribution in [-0.2, 0) is 9.53 Å². The van der Waals surface area contributed by atoms with Crippen LogP contribution in [0.2, 0.25) is 0 Å². The Hall–Kier alpha value is -1.24. The van der Waals surface area contributed by atoms with E-state index in [1.165, 1.54) is 5.56 Å². The third kappa shape index (κ3) is 6.13. The Morgan fingerprint density at radius 2 is 1.96 bits per heavy atom. The Morgan fingerprint density at radius 3 is 2.67 bits per heavy atom. The molecule has 2 aliphatic rings. The second-order valence-corrected chi connectivity index (χ2v) is 8.74. The van der Waals surface area contributed by atoms with E-state index in [1.54, 1.807) is 0 Å². The number of thioether (sulfide) groups is 1. The molecule has 2 saturated heterocycles. The van der Waals surface area contributed by atoms with Crippen molar-refractivity contribution in [1.29, 1.82) is 0 Å². The number of carbonyl (C=O) groups excluding carboxylic acids is 1.